The molecule has 0 bridgehead atoms. The van der Waals surface area contributed by atoms with Crippen molar-refractivity contribution < 1.29 is 9.52 Å². The van der Waals surface area contributed by atoms with Crippen molar-refractivity contribution in [3.05, 3.63) is 71.7 Å². The molecule has 1 unspecified atom stereocenters. The Kier molecular flexibility index (Phi) is 7.90. The molecule has 6 heteroatoms. The molecule has 2 aromatic rings. The molecule has 0 spiro atoms. The van der Waals surface area contributed by atoms with Crippen LogP contribution in [0.2, 0.25) is 0 Å². The number of aliphatic imine (C=N–C) groups is 1. The number of nitrogens with zero attached hydrogens (tertiary/aromatic N) is 2. The maximum Gasteiger partial charge on any atom is 0.191 e. The van der Waals surface area contributed by atoms with E-state index in [1.165, 1.54) is 11.1 Å². The fourth-order valence-electron chi connectivity index (χ4n) is 3.39. The summed E-state index contributed by atoms with van der Waals surface area (Å²) in [5, 5.41) is 16.5. The van der Waals surface area contributed by atoms with E-state index in [4.69, 9.17) is 9.41 Å². The quantitative estimate of drug-likeness (QED) is 0.345. The molecule has 0 aliphatic carbocycles. The van der Waals surface area contributed by atoms with Gasteiger partial charge in [0.1, 0.15) is 5.76 Å². The van der Waals surface area contributed by atoms with E-state index in [0.717, 1.165) is 56.3 Å². The number of likely N-dealkylation sites (tertiary alicyclic amines) is 1. The van der Waals surface area contributed by atoms with Gasteiger partial charge in [0.2, 0.25) is 0 Å². The first kappa shape index (κ1) is 21.1. The Labute approximate surface area is 173 Å². The Balaban J connectivity index is 1.61. The molecule has 0 saturated carbocycles. The average molecular weight is 397 g/mol. The number of nitrogens with one attached hydrogen (secondary N) is 2. The molecule has 156 valence electrons. The molecule has 3 rings (SSSR count). The van der Waals surface area contributed by atoms with Gasteiger partial charge in [0.25, 0.3) is 0 Å². The lowest BCUT2D eigenvalue weighted by Crippen LogP contribution is -2.39. The number of rotatable bonds is 9. The third kappa shape index (κ3) is 7.07. The van der Waals surface area contributed by atoms with Crippen molar-refractivity contribution in [2.75, 3.05) is 26.2 Å². The number of β-amino-alcohol motifs (C(OH)–C–C–N with tert-alkyl or cyclic N) is 1. The third-order valence-corrected chi connectivity index (χ3v) is 4.97. The lowest BCUT2D eigenvalue weighted by atomic mass is 10.1. The van der Waals surface area contributed by atoms with Crippen LogP contribution in [0.1, 0.15) is 30.2 Å². The number of guanidine groups is 1. The molecule has 6 nitrogen and oxygen atoms in total. The van der Waals surface area contributed by atoms with Gasteiger partial charge in [-0.2, -0.15) is 0 Å². The largest absolute Gasteiger partial charge is 0.469 e. The summed E-state index contributed by atoms with van der Waals surface area (Å²) in [6, 6.07) is 12.3. The van der Waals surface area contributed by atoms with Crippen molar-refractivity contribution in [2.45, 2.75) is 39.0 Å². The van der Waals surface area contributed by atoms with Gasteiger partial charge in [0.15, 0.2) is 5.96 Å². The standard InChI is InChI=1S/C23H32N4O2/c1-18(2)14-25-23(24-11-9-22-8-5-13-29-22)26-15-19-6-3-4-7-20(19)16-27-12-10-21(28)17-27/h3-8,13,21,28H,1,9-12,14-17H2,2H3,(H2,24,25,26). The van der Waals surface area contributed by atoms with Crippen LogP contribution in [0, 0.1) is 0 Å². The molecule has 0 radical (unpaired) electrons. The second-order valence-electron chi connectivity index (χ2n) is 7.68. The van der Waals surface area contributed by atoms with Crippen molar-refractivity contribution >= 4 is 5.96 Å². The number of hydrogen-bond donors (Lipinski definition) is 3. The summed E-state index contributed by atoms with van der Waals surface area (Å²) in [5.74, 6) is 1.72. The maximum absolute atomic E-state index is 9.78. The smallest absolute Gasteiger partial charge is 0.191 e. The summed E-state index contributed by atoms with van der Waals surface area (Å²) in [5.41, 5.74) is 3.52. The van der Waals surface area contributed by atoms with E-state index in [1.54, 1.807) is 6.26 Å². The van der Waals surface area contributed by atoms with Crippen molar-refractivity contribution in [3.8, 4) is 0 Å². The Morgan fingerprint density at radius 3 is 2.76 bits per heavy atom. The van der Waals surface area contributed by atoms with E-state index >= 15 is 0 Å². The highest BCUT2D eigenvalue weighted by atomic mass is 16.3. The van der Waals surface area contributed by atoms with Crippen LogP contribution < -0.4 is 10.6 Å². The zero-order valence-electron chi connectivity index (χ0n) is 17.2. The topological polar surface area (TPSA) is 73.0 Å². The summed E-state index contributed by atoms with van der Waals surface area (Å²) in [7, 11) is 0. The average Bonchev–Trinajstić information content (AvgIpc) is 3.36. The molecule has 1 saturated heterocycles. The fraction of sp³-hybridized carbons (Fsp3) is 0.435. The third-order valence-electron chi connectivity index (χ3n) is 4.97. The first-order valence-electron chi connectivity index (χ1n) is 10.3. The van der Waals surface area contributed by atoms with E-state index in [-0.39, 0.29) is 6.10 Å². The van der Waals surface area contributed by atoms with Gasteiger partial charge in [-0.25, -0.2) is 4.99 Å². The predicted molar refractivity (Wildman–Crippen MR) is 117 cm³/mol. The first-order valence-corrected chi connectivity index (χ1v) is 10.3. The molecule has 29 heavy (non-hydrogen) atoms. The Hall–Kier alpha value is -2.57. The SMILES string of the molecule is C=C(C)CNC(=NCc1ccccc1CN1CCC(O)C1)NCCc1ccco1. The molecule has 0 amide bonds. The molecule has 1 atom stereocenters. The number of benzene rings is 1. The second-order valence-corrected chi connectivity index (χ2v) is 7.68. The maximum atomic E-state index is 9.78. The van der Waals surface area contributed by atoms with Crippen LogP contribution in [0.25, 0.3) is 0 Å². The van der Waals surface area contributed by atoms with E-state index < -0.39 is 0 Å². The highest BCUT2D eigenvalue weighted by Crippen LogP contribution is 2.17. The van der Waals surface area contributed by atoms with Gasteiger partial charge < -0.3 is 20.2 Å². The minimum Gasteiger partial charge on any atom is -0.469 e. The van der Waals surface area contributed by atoms with Crippen LogP contribution in [0.3, 0.4) is 0 Å². The Morgan fingerprint density at radius 2 is 2.07 bits per heavy atom. The highest BCUT2D eigenvalue weighted by Gasteiger charge is 2.20. The van der Waals surface area contributed by atoms with Gasteiger partial charge in [-0.1, -0.05) is 36.4 Å². The molecule has 3 N–H and O–H groups in total. The predicted octanol–water partition coefficient (Wildman–Crippen LogP) is 2.70. The van der Waals surface area contributed by atoms with E-state index in [0.29, 0.717) is 13.1 Å². The minimum atomic E-state index is -0.198. The molecule has 1 aliphatic heterocycles. The summed E-state index contributed by atoms with van der Waals surface area (Å²) in [6.07, 6.45) is 3.15. The van der Waals surface area contributed by atoms with Gasteiger partial charge in [-0.15, -0.1) is 0 Å². The number of hydrogen-bond acceptors (Lipinski definition) is 4. The van der Waals surface area contributed by atoms with Gasteiger partial charge in [0.05, 0.1) is 18.9 Å². The first-order chi connectivity index (χ1) is 14.1. The van der Waals surface area contributed by atoms with Gasteiger partial charge in [-0.3, -0.25) is 4.90 Å². The normalized spacial score (nSPS) is 17.4. The number of furan rings is 1. The number of aliphatic hydroxyl groups excluding tert-OH is 1. The summed E-state index contributed by atoms with van der Waals surface area (Å²) < 4.78 is 5.39. The van der Waals surface area contributed by atoms with Crippen molar-refractivity contribution in [2.24, 2.45) is 4.99 Å². The lowest BCUT2D eigenvalue weighted by molar-refractivity contribution is 0.174. The lowest BCUT2D eigenvalue weighted by Gasteiger charge is -2.17. The van der Waals surface area contributed by atoms with Crippen LogP contribution >= 0.6 is 0 Å². The Morgan fingerprint density at radius 1 is 1.24 bits per heavy atom. The molecule has 1 aromatic heterocycles. The van der Waals surface area contributed by atoms with Gasteiger partial charge in [0, 0.05) is 39.1 Å². The van der Waals surface area contributed by atoms with Crippen molar-refractivity contribution in [3.63, 3.8) is 0 Å². The van der Waals surface area contributed by atoms with Gasteiger partial charge >= 0.3 is 0 Å². The van der Waals surface area contributed by atoms with Crippen LogP contribution in [0.4, 0.5) is 0 Å². The molecule has 1 fully saturated rings. The molecule has 2 heterocycles. The summed E-state index contributed by atoms with van der Waals surface area (Å²) in [4.78, 5) is 7.09. The highest BCUT2D eigenvalue weighted by molar-refractivity contribution is 5.80. The monoisotopic (exact) mass is 396 g/mol. The summed E-state index contributed by atoms with van der Waals surface area (Å²) in [6.45, 7) is 10.5. The van der Waals surface area contributed by atoms with Crippen LogP contribution in [-0.2, 0) is 19.5 Å². The zero-order valence-corrected chi connectivity index (χ0v) is 17.2. The van der Waals surface area contributed by atoms with Gasteiger partial charge in [-0.05, 0) is 36.6 Å². The van der Waals surface area contributed by atoms with E-state index in [9.17, 15) is 5.11 Å². The van der Waals surface area contributed by atoms with Crippen molar-refractivity contribution in [1.29, 1.82) is 0 Å². The minimum absolute atomic E-state index is 0.198. The molecular formula is C23H32N4O2. The fourth-order valence-corrected chi connectivity index (χ4v) is 3.39. The summed E-state index contributed by atoms with van der Waals surface area (Å²) >= 11 is 0. The number of aliphatic hydroxyl groups is 1. The molecular weight excluding hydrogens is 364 g/mol. The Bertz CT molecular complexity index is 801. The van der Waals surface area contributed by atoms with E-state index in [2.05, 4.69) is 46.4 Å². The van der Waals surface area contributed by atoms with E-state index in [1.807, 2.05) is 19.1 Å². The zero-order chi connectivity index (χ0) is 20.5. The second kappa shape index (κ2) is 10.8. The van der Waals surface area contributed by atoms with Crippen LogP contribution in [-0.4, -0.2) is 48.2 Å². The molecule has 1 aromatic carbocycles. The van der Waals surface area contributed by atoms with Crippen molar-refractivity contribution in [1.82, 2.24) is 15.5 Å². The van der Waals surface area contributed by atoms with Crippen LogP contribution in [0.5, 0.6) is 0 Å². The van der Waals surface area contributed by atoms with Crippen LogP contribution in [0.15, 0.2) is 64.2 Å². The molecule has 1 aliphatic rings.